The van der Waals surface area contributed by atoms with E-state index in [1.54, 1.807) is 17.0 Å². The molecule has 1 aromatic carbocycles. The number of piperidine rings is 1. The molecule has 2 aliphatic heterocycles. The number of alkyl halides is 2. The molecule has 0 aliphatic carbocycles. The quantitative estimate of drug-likeness (QED) is 0.838. The van der Waals surface area contributed by atoms with Crippen LogP contribution in [0, 0.1) is 11.7 Å². The third-order valence-electron chi connectivity index (χ3n) is 5.66. The summed E-state index contributed by atoms with van der Waals surface area (Å²) in [5.41, 5.74) is 7.48. The molecule has 3 heterocycles. The summed E-state index contributed by atoms with van der Waals surface area (Å²) in [6.07, 6.45) is 2.68. The van der Waals surface area contributed by atoms with Crippen LogP contribution < -0.4 is 10.9 Å². The van der Waals surface area contributed by atoms with Crippen molar-refractivity contribution < 1.29 is 18.0 Å². The Morgan fingerprint density at radius 1 is 1.21 bits per heavy atom. The maximum Gasteiger partial charge on any atom is 0.333 e. The number of nitrogens with zero attached hydrogens (tertiary/aromatic N) is 3. The third kappa shape index (κ3) is 3.77. The lowest BCUT2D eigenvalue weighted by atomic mass is 9.80. The maximum absolute atomic E-state index is 13.6. The highest BCUT2D eigenvalue weighted by atomic mass is 19.3. The first-order valence-electron chi connectivity index (χ1n) is 9.39. The number of benzene rings is 1. The second kappa shape index (κ2) is 7.92. The average molecular weight is 393 g/mol. The SMILES string of the molecule is O=C(c1ccn(C(F)F)n1)N1CCC(C2NNCC2c2cccc(F)c2)CC1. The molecule has 6 nitrogen and oxygen atoms in total. The molecule has 28 heavy (non-hydrogen) atoms. The van der Waals surface area contributed by atoms with Gasteiger partial charge in [-0.25, -0.2) is 9.07 Å². The van der Waals surface area contributed by atoms with E-state index in [1.807, 2.05) is 6.07 Å². The van der Waals surface area contributed by atoms with Crippen LogP contribution in [0.25, 0.3) is 0 Å². The van der Waals surface area contributed by atoms with Crippen LogP contribution >= 0.6 is 0 Å². The van der Waals surface area contributed by atoms with Crippen molar-refractivity contribution in [3.05, 3.63) is 53.6 Å². The van der Waals surface area contributed by atoms with Gasteiger partial charge in [0.25, 0.3) is 5.91 Å². The summed E-state index contributed by atoms with van der Waals surface area (Å²) in [6.45, 7) is -0.954. The highest BCUT2D eigenvalue weighted by Gasteiger charge is 2.37. The number of carbonyl (C=O) groups excluding carboxylic acids is 1. The van der Waals surface area contributed by atoms with Crippen LogP contribution in [0.2, 0.25) is 0 Å². The summed E-state index contributed by atoms with van der Waals surface area (Å²) < 4.78 is 39.4. The predicted octanol–water partition coefficient (Wildman–Crippen LogP) is 2.53. The second-order valence-corrected chi connectivity index (χ2v) is 7.30. The lowest BCUT2D eigenvalue weighted by Crippen LogP contribution is -2.45. The van der Waals surface area contributed by atoms with E-state index in [0.29, 0.717) is 23.7 Å². The number of likely N-dealkylation sites (tertiary alicyclic amines) is 1. The molecule has 2 N–H and O–H groups in total. The van der Waals surface area contributed by atoms with Crippen molar-refractivity contribution in [3.8, 4) is 0 Å². The van der Waals surface area contributed by atoms with E-state index in [2.05, 4.69) is 16.0 Å². The molecule has 2 fully saturated rings. The standard InChI is InChI=1S/C19H22F3N5O/c20-14-3-1-2-13(10-14)15-11-23-24-17(15)12-4-7-26(8-5-12)18(28)16-6-9-27(25-16)19(21)22/h1-3,6,9-10,12,15,17,19,23-24H,4-5,7-8,11H2. The Morgan fingerprint density at radius 3 is 2.68 bits per heavy atom. The van der Waals surface area contributed by atoms with Crippen molar-refractivity contribution in [1.29, 1.82) is 0 Å². The number of hydrogen-bond acceptors (Lipinski definition) is 4. The van der Waals surface area contributed by atoms with Gasteiger partial charge in [-0.05, 0) is 42.5 Å². The first-order chi connectivity index (χ1) is 13.5. The lowest BCUT2D eigenvalue weighted by Gasteiger charge is -2.36. The predicted molar refractivity (Wildman–Crippen MR) is 96.2 cm³/mol. The summed E-state index contributed by atoms with van der Waals surface area (Å²) >= 11 is 0. The molecule has 0 spiro atoms. The van der Waals surface area contributed by atoms with Gasteiger partial charge >= 0.3 is 6.55 Å². The zero-order chi connectivity index (χ0) is 19.7. The topological polar surface area (TPSA) is 62.2 Å². The van der Waals surface area contributed by atoms with Crippen molar-refractivity contribution in [2.24, 2.45) is 5.92 Å². The van der Waals surface area contributed by atoms with Crippen LogP contribution in [0.3, 0.4) is 0 Å². The minimum atomic E-state index is -2.76. The smallest absolute Gasteiger partial charge is 0.333 e. The number of amides is 1. The van der Waals surface area contributed by atoms with E-state index in [1.165, 1.54) is 12.1 Å². The van der Waals surface area contributed by atoms with Gasteiger partial charge in [-0.3, -0.25) is 15.6 Å². The first kappa shape index (κ1) is 18.9. The van der Waals surface area contributed by atoms with E-state index in [9.17, 15) is 18.0 Å². The minimum Gasteiger partial charge on any atom is -0.337 e. The number of halogens is 3. The molecule has 0 bridgehead atoms. The van der Waals surface area contributed by atoms with Crippen molar-refractivity contribution in [2.75, 3.05) is 19.6 Å². The Labute approximate surface area is 160 Å². The fourth-order valence-corrected chi connectivity index (χ4v) is 4.21. The van der Waals surface area contributed by atoms with Crippen molar-refractivity contribution >= 4 is 5.91 Å². The number of rotatable bonds is 4. The molecule has 0 saturated carbocycles. The zero-order valence-corrected chi connectivity index (χ0v) is 15.2. The third-order valence-corrected chi connectivity index (χ3v) is 5.66. The Morgan fingerprint density at radius 2 is 2.00 bits per heavy atom. The van der Waals surface area contributed by atoms with E-state index < -0.39 is 6.55 Å². The number of hydrazine groups is 1. The number of carbonyl (C=O) groups is 1. The Kier molecular flexibility index (Phi) is 5.36. The molecule has 0 radical (unpaired) electrons. The number of nitrogens with one attached hydrogen (secondary N) is 2. The second-order valence-electron chi connectivity index (χ2n) is 7.30. The molecule has 2 unspecified atom stereocenters. The molecule has 1 aromatic heterocycles. The molecule has 2 atom stereocenters. The molecule has 2 saturated heterocycles. The summed E-state index contributed by atoms with van der Waals surface area (Å²) in [4.78, 5) is 14.2. The van der Waals surface area contributed by atoms with Gasteiger partial charge in [0.1, 0.15) is 5.82 Å². The van der Waals surface area contributed by atoms with Crippen LogP contribution in [0.15, 0.2) is 36.5 Å². The molecule has 4 rings (SSSR count). The van der Waals surface area contributed by atoms with Gasteiger partial charge in [-0.15, -0.1) is 0 Å². The van der Waals surface area contributed by atoms with E-state index in [4.69, 9.17) is 0 Å². The molecule has 1 amide bonds. The zero-order valence-electron chi connectivity index (χ0n) is 15.2. The molecule has 2 aliphatic rings. The van der Waals surface area contributed by atoms with E-state index >= 15 is 0 Å². The van der Waals surface area contributed by atoms with Gasteiger partial charge < -0.3 is 4.90 Å². The maximum atomic E-state index is 13.6. The highest BCUT2D eigenvalue weighted by Crippen LogP contribution is 2.32. The van der Waals surface area contributed by atoms with Crippen molar-refractivity contribution in [1.82, 2.24) is 25.5 Å². The summed E-state index contributed by atoms with van der Waals surface area (Å²) in [5, 5.41) is 3.66. The molecule has 9 heteroatoms. The Balaban J connectivity index is 1.38. The molecular weight excluding hydrogens is 371 g/mol. The van der Waals surface area contributed by atoms with E-state index in [0.717, 1.165) is 31.1 Å². The number of aromatic nitrogens is 2. The minimum absolute atomic E-state index is 0.0389. The van der Waals surface area contributed by atoms with Crippen LogP contribution in [0.1, 0.15) is 41.4 Å². The van der Waals surface area contributed by atoms with Crippen LogP contribution in [0.5, 0.6) is 0 Å². The monoisotopic (exact) mass is 393 g/mol. The molecular formula is C19H22F3N5O. The molecule has 150 valence electrons. The van der Waals surface area contributed by atoms with Gasteiger partial charge in [0.15, 0.2) is 5.69 Å². The first-order valence-corrected chi connectivity index (χ1v) is 9.39. The van der Waals surface area contributed by atoms with Crippen LogP contribution in [-0.2, 0) is 0 Å². The fourth-order valence-electron chi connectivity index (χ4n) is 4.21. The van der Waals surface area contributed by atoms with Gasteiger partial charge in [-0.1, -0.05) is 12.1 Å². The van der Waals surface area contributed by atoms with Crippen molar-refractivity contribution in [3.63, 3.8) is 0 Å². The normalized spacial score (nSPS) is 23.5. The largest absolute Gasteiger partial charge is 0.337 e. The lowest BCUT2D eigenvalue weighted by molar-refractivity contribution is 0.0542. The highest BCUT2D eigenvalue weighted by molar-refractivity contribution is 5.92. The Hall–Kier alpha value is -2.39. The summed E-state index contributed by atoms with van der Waals surface area (Å²) in [6, 6.07) is 8.14. The van der Waals surface area contributed by atoms with Crippen molar-refractivity contribution in [2.45, 2.75) is 31.4 Å². The fraction of sp³-hybridized carbons (Fsp3) is 0.474. The van der Waals surface area contributed by atoms with Gasteiger partial charge in [0, 0.05) is 37.8 Å². The van der Waals surface area contributed by atoms with Gasteiger partial charge in [-0.2, -0.15) is 13.9 Å². The average Bonchev–Trinajstić information content (AvgIpc) is 3.37. The molecule has 2 aromatic rings. The van der Waals surface area contributed by atoms with Crippen LogP contribution in [0.4, 0.5) is 13.2 Å². The van der Waals surface area contributed by atoms with Crippen LogP contribution in [-0.4, -0.2) is 46.3 Å². The van der Waals surface area contributed by atoms with Gasteiger partial charge in [0.05, 0.1) is 0 Å². The summed E-state index contributed by atoms with van der Waals surface area (Å²) in [7, 11) is 0. The Bertz CT molecular complexity index is 834. The van der Waals surface area contributed by atoms with Gasteiger partial charge in [0.2, 0.25) is 0 Å². The summed E-state index contributed by atoms with van der Waals surface area (Å²) in [5.74, 6) is -0.0838. The number of hydrogen-bond donors (Lipinski definition) is 2. The van der Waals surface area contributed by atoms with E-state index in [-0.39, 0.29) is 29.4 Å².